The van der Waals surface area contributed by atoms with Crippen LogP contribution in [0.4, 0.5) is 17.6 Å². The largest absolute Gasteiger partial charge is 0.405 e. The number of rotatable bonds is 4. The van der Waals surface area contributed by atoms with Crippen molar-refractivity contribution in [3.8, 4) is 0 Å². The maximum atomic E-state index is 12.9. The van der Waals surface area contributed by atoms with Gasteiger partial charge < -0.3 is 5.32 Å². The molecule has 0 aromatic heterocycles. The highest BCUT2D eigenvalue weighted by Crippen LogP contribution is 2.24. The first-order valence-corrected chi connectivity index (χ1v) is 8.64. The van der Waals surface area contributed by atoms with Gasteiger partial charge in [-0.1, -0.05) is 0 Å². The van der Waals surface area contributed by atoms with Crippen LogP contribution in [0.15, 0.2) is 29.2 Å². The Balaban J connectivity index is 2.07. The smallest absolute Gasteiger partial charge is 0.347 e. The Bertz CT molecular complexity index is 689. The molecule has 0 aliphatic carbocycles. The van der Waals surface area contributed by atoms with Crippen LogP contribution in [0.1, 0.15) is 12.8 Å². The van der Waals surface area contributed by atoms with Gasteiger partial charge in [-0.2, -0.15) is 17.5 Å². The van der Waals surface area contributed by atoms with Crippen molar-refractivity contribution in [1.82, 2.24) is 9.62 Å². The van der Waals surface area contributed by atoms with Crippen molar-refractivity contribution in [2.45, 2.75) is 23.9 Å². The summed E-state index contributed by atoms with van der Waals surface area (Å²) in [7, 11) is -3.92. The van der Waals surface area contributed by atoms with Gasteiger partial charge in [-0.25, -0.2) is 12.8 Å². The highest BCUT2D eigenvalue weighted by atomic mass is 32.2. The molecule has 1 aliphatic heterocycles. The van der Waals surface area contributed by atoms with Crippen LogP contribution in [0.3, 0.4) is 0 Å². The molecule has 1 aromatic carbocycles. The number of halogens is 4. The van der Waals surface area contributed by atoms with E-state index in [0.29, 0.717) is 12.8 Å². The number of carbonyl (C=O) groups excluding carboxylic acids is 1. The monoisotopic (exact) mass is 368 g/mol. The van der Waals surface area contributed by atoms with Gasteiger partial charge in [-0.15, -0.1) is 0 Å². The van der Waals surface area contributed by atoms with E-state index in [1.165, 1.54) is 0 Å². The van der Waals surface area contributed by atoms with E-state index in [0.717, 1.165) is 28.6 Å². The molecule has 1 heterocycles. The Morgan fingerprint density at radius 1 is 1.25 bits per heavy atom. The lowest BCUT2D eigenvalue weighted by Gasteiger charge is -2.31. The van der Waals surface area contributed by atoms with Gasteiger partial charge in [0.05, 0.1) is 10.8 Å². The molecule has 0 spiro atoms. The Hall–Kier alpha value is -1.68. The number of hydrogen-bond donors (Lipinski definition) is 1. The molecule has 1 saturated heterocycles. The maximum absolute atomic E-state index is 12.9. The van der Waals surface area contributed by atoms with E-state index < -0.39 is 40.4 Å². The van der Waals surface area contributed by atoms with Crippen LogP contribution in [0, 0.1) is 11.7 Å². The van der Waals surface area contributed by atoms with Gasteiger partial charge in [0.2, 0.25) is 15.9 Å². The average Bonchev–Trinajstić information content (AvgIpc) is 2.52. The van der Waals surface area contributed by atoms with E-state index >= 15 is 0 Å². The van der Waals surface area contributed by atoms with Crippen molar-refractivity contribution in [1.29, 1.82) is 0 Å². The highest BCUT2D eigenvalue weighted by Gasteiger charge is 2.35. The van der Waals surface area contributed by atoms with Crippen molar-refractivity contribution >= 4 is 15.9 Å². The third-order valence-corrected chi connectivity index (χ3v) is 5.55. The number of nitrogens with zero attached hydrogens (tertiary/aromatic N) is 1. The quantitative estimate of drug-likeness (QED) is 0.826. The number of amides is 1. The van der Waals surface area contributed by atoms with Crippen molar-refractivity contribution in [3.05, 3.63) is 30.1 Å². The zero-order valence-corrected chi connectivity index (χ0v) is 13.3. The molecule has 2 rings (SSSR count). The minimum atomic E-state index is -4.52. The molecule has 0 saturated carbocycles. The first-order valence-electron chi connectivity index (χ1n) is 7.20. The van der Waals surface area contributed by atoms with E-state index in [4.69, 9.17) is 0 Å². The summed E-state index contributed by atoms with van der Waals surface area (Å²) >= 11 is 0. The Morgan fingerprint density at radius 3 is 2.46 bits per heavy atom. The predicted molar refractivity (Wildman–Crippen MR) is 76.9 cm³/mol. The molecule has 1 atom stereocenters. The van der Waals surface area contributed by atoms with E-state index in [-0.39, 0.29) is 18.0 Å². The summed E-state index contributed by atoms with van der Waals surface area (Å²) in [6.07, 6.45) is -3.87. The van der Waals surface area contributed by atoms with Gasteiger partial charge in [0, 0.05) is 13.1 Å². The highest BCUT2D eigenvalue weighted by molar-refractivity contribution is 7.89. The molecule has 134 valence electrons. The van der Waals surface area contributed by atoms with E-state index in [2.05, 4.69) is 0 Å². The third kappa shape index (κ3) is 4.67. The summed E-state index contributed by atoms with van der Waals surface area (Å²) in [6.45, 7) is -1.50. The van der Waals surface area contributed by atoms with Crippen LogP contribution in [0.25, 0.3) is 0 Å². The number of piperidine rings is 1. The van der Waals surface area contributed by atoms with Crippen LogP contribution >= 0.6 is 0 Å². The Labute approximate surface area is 136 Å². The Kier molecular flexibility index (Phi) is 5.49. The van der Waals surface area contributed by atoms with E-state index in [1.807, 2.05) is 0 Å². The van der Waals surface area contributed by atoms with Gasteiger partial charge in [0.1, 0.15) is 12.4 Å². The second-order valence-corrected chi connectivity index (χ2v) is 7.43. The molecule has 1 fully saturated rings. The van der Waals surface area contributed by atoms with Crippen LogP contribution < -0.4 is 5.32 Å². The van der Waals surface area contributed by atoms with E-state index in [1.54, 1.807) is 5.32 Å². The molecule has 0 bridgehead atoms. The number of nitrogens with one attached hydrogen (secondary N) is 1. The van der Waals surface area contributed by atoms with Gasteiger partial charge in [-0.3, -0.25) is 4.79 Å². The van der Waals surface area contributed by atoms with Crippen molar-refractivity contribution in [3.63, 3.8) is 0 Å². The molecule has 1 aromatic rings. The molecular formula is C14H16F4N2O3S. The molecule has 1 amide bonds. The third-order valence-electron chi connectivity index (χ3n) is 3.67. The zero-order chi connectivity index (χ0) is 18.0. The zero-order valence-electron chi connectivity index (χ0n) is 12.5. The van der Waals surface area contributed by atoms with Crippen LogP contribution in [-0.4, -0.2) is 44.4 Å². The first kappa shape index (κ1) is 18.7. The normalized spacial score (nSPS) is 19.9. The Morgan fingerprint density at radius 2 is 1.88 bits per heavy atom. The first-order chi connectivity index (χ1) is 11.1. The fourth-order valence-electron chi connectivity index (χ4n) is 2.46. The summed E-state index contributed by atoms with van der Waals surface area (Å²) < 4.78 is 75.4. The van der Waals surface area contributed by atoms with Crippen molar-refractivity contribution in [2.75, 3.05) is 19.6 Å². The molecule has 10 heteroatoms. The van der Waals surface area contributed by atoms with Crippen LogP contribution in [0.5, 0.6) is 0 Å². The minimum absolute atomic E-state index is 0.125. The van der Waals surface area contributed by atoms with Gasteiger partial charge in [0.15, 0.2) is 0 Å². The van der Waals surface area contributed by atoms with Crippen LogP contribution in [-0.2, 0) is 14.8 Å². The van der Waals surface area contributed by atoms with Crippen molar-refractivity contribution in [2.24, 2.45) is 5.92 Å². The van der Waals surface area contributed by atoms with Gasteiger partial charge in [-0.05, 0) is 37.1 Å². The number of alkyl halides is 3. The second kappa shape index (κ2) is 7.06. The topological polar surface area (TPSA) is 66.5 Å². The van der Waals surface area contributed by atoms with E-state index in [9.17, 15) is 30.8 Å². The standard InChI is InChI=1S/C14H16F4N2O3S/c15-11-3-5-12(6-4-11)24(22,23)20-7-1-2-10(8-20)13(21)19-9-14(16,17)18/h3-6,10H,1-2,7-9H2,(H,19,21). The second-order valence-electron chi connectivity index (χ2n) is 5.49. The van der Waals surface area contributed by atoms with Gasteiger partial charge >= 0.3 is 6.18 Å². The molecule has 1 aliphatic rings. The molecule has 1 N–H and O–H groups in total. The molecular weight excluding hydrogens is 352 g/mol. The number of benzene rings is 1. The minimum Gasteiger partial charge on any atom is -0.347 e. The molecule has 0 radical (unpaired) electrons. The number of sulfonamides is 1. The average molecular weight is 368 g/mol. The summed E-state index contributed by atoms with van der Waals surface area (Å²) in [5.41, 5.74) is 0. The summed E-state index contributed by atoms with van der Waals surface area (Å²) in [5, 5.41) is 1.78. The molecule has 5 nitrogen and oxygen atoms in total. The summed E-state index contributed by atoms with van der Waals surface area (Å²) in [5.74, 6) is -2.26. The molecule has 24 heavy (non-hydrogen) atoms. The van der Waals surface area contributed by atoms with Crippen molar-refractivity contribution < 1.29 is 30.8 Å². The summed E-state index contributed by atoms with van der Waals surface area (Å²) in [4.78, 5) is 11.7. The van der Waals surface area contributed by atoms with Gasteiger partial charge in [0.25, 0.3) is 0 Å². The molecule has 1 unspecified atom stereocenters. The fraction of sp³-hybridized carbons (Fsp3) is 0.500. The predicted octanol–water partition coefficient (Wildman–Crippen LogP) is 1.90. The summed E-state index contributed by atoms with van der Waals surface area (Å²) in [6, 6.07) is 4.23. The van der Waals surface area contributed by atoms with Crippen LogP contribution in [0.2, 0.25) is 0 Å². The lowest BCUT2D eigenvalue weighted by Crippen LogP contribution is -2.46. The number of hydrogen-bond acceptors (Lipinski definition) is 3. The SMILES string of the molecule is O=C(NCC(F)(F)F)C1CCCN(S(=O)(=O)c2ccc(F)cc2)C1. The lowest BCUT2D eigenvalue weighted by atomic mass is 9.99. The lowest BCUT2D eigenvalue weighted by molar-refractivity contribution is -0.141. The fourth-order valence-corrected chi connectivity index (χ4v) is 3.99. The number of carbonyl (C=O) groups is 1. The maximum Gasteiger partial charge on any atom is 0.405 e.